The summed E-state index contributed by atoms with van der Waals surface area (Å²) in [5, 5.41) is 9.92. The summed E-state index contributed by atoms with van der Waals surface area (Å²) in [6, 6.07) is 0. The molecule has 1 rings (SSSR count). The third-order valence-corrected chi connectivity index (χ3v) is 10.3. The molecule has 0 radical (unpaired) electrons. The topological polar surface area (TPSA) is 93.1 Å². The van der Waals surface area contributed by atoms with Crippen molar-refractivity contribution in [1.29, 1.82) is 0 Å². The third-order valence-electron chi connectivity index (χ3n) is 10.3. The Bertz CT molecular complexity index is 1050. The fourth-order valence-electron chi connectivity index (χ4n) is 7.00. The number of rotatable bonds is 33. The summed E-state index contributed by atoms with van der Waals surface area (Å²) >= 11 is 0. The molecule has 1 amide bonds. The Hall–Kier alpha value is -2.83. The van der Waals surface area contributed by atoms with E-state index in [0.29, 0.717) is 0 Å². The number of ether oxygens (including phenoxy) is 2. The van der Waals surface area contributed by atoms with Gasteiger partial charge in [-0.05, 0) is 111 Å². The highest BCUT2D eigenvalue weighted by Gasteiger charge is 2.46. The van der Waals surface area contributed by atoms with Crippen LogP contribution in [0.5, 0.6) is 0 Å². The van der Waals surface area contributed by atoms with Gasteiger partial charge in [0.05, 0.1) is 11.8 Å². The fraction of sp³-hybridized carbons (Fsp3) is 0.771. The number of unbranched alkanes of at least 4 members (excludes halogenated alkanes) is 18. The van der Waals surface area contributed by atoms with Crippen LogP contribution in [0.3, 0.4) is 0 Å². The van der Waals surface area contributed by atoms with E-state index in [1.807, 2.05) is 0 Å². The first-order valence-electron chi connectivity index (χ1n) is 22.6. The predicted molar refractivity (Wildman–Crippen MR) is 230 cm³/mol. The maximum Gasteiger partial charge on any atom is 0.410 e. The summed E-state index contributed by atoms with van der Waals surface area (Å²) in [5.41, 5.74) is -0.705. The number of carbonyl (C=O) groups is 3. The van der Waals surface area contributed by atoms with Crippen molar-refractivity contribution in [3.63, 3.8) is 0 Å². The molecule has 1 N–H and O–H groups in total. The highest BCUT2D eigenvalue weighted by molar-refractivity contribution is 5.84. The first-order chi connectivity index (χ1) is 26.6. The van der Waals surface area contributed by atoms with Crippen LogP contribution < -0.4 is 0 Å². The molecule has 55 heavy (non-hydrogen) atoms. The molecule has 0 aromatic carbocycles. The number of amides is 1. The minimum Gasteiger partial charge on any atom is -0.481 e. The lowest BCUT2D eigenvalue weighted by Gasteiger charge is -2.24. The number of allylic oxidation sites excluding steroid dienone is 8. The Labute approximate surface area is 337 Å². The van der Waals surface area contributed by atoms with Crippen LogP contribution in [0.2, 0.25) is 0 Å². The van der Waals surface area contributed by atoms with Crippen LogP contribution in [0.1, 0.15) is 202 Å². The Balaban J connectivity index is 2.49. The van der Waals surface area contributed by atoms with Crippen molar-refractivity contribution in [2.75, 3.05) is 13.1 Å². The lowest BCUT2D eigenvalue weighted by molar-refractivity contribution is -0.160. The zero-order chi connectivity index (χ0) is 40.4. The van der Waals surface area contributed by atoms with Gasteiger partial charge >= 0.3 is 18.0 Å². The SMILES string of the molecule is CCCCC/C=C\C/C=C\CCCCCCCCC(CCCCCCCC/C=C\C/C=C\CCCCC)OC(=O)C1CN(C(=O)OC(C)(C)C)CC1C(=O)O. The van der Waals surface area contributed by atoms with Gasteiger partial charge in [-0.2, -0.15) is 0 Å². The average Bonchev–Trinajstić information content (AvgIpc) is 3.60. The highest BCUT2D eigenvalue weighted by atomic mass is 16.6. The van der Waals surface area contributed by atoms with Crippen molar-refractivity contribution in [2.45, 2.75) is 213 Å². The molecule has 2 unspecified atom stereocenters. The zero-order valence-corrected chi connectivity index (χ0v) is 36.1. The molecule has 1 aliphatic heterocycles. The standard InChI is InChI=1S/C48H83NO6/c1-6-8-10-12-14-16-18-20-22-24-26-28-30-32-34-36-38-42(39-37-35-33-31-29-27-25-23-21-19-17-15-13-11-9-7-2)54-46(52)44-41-49(40-43(44)45(50)51)47(53)55-48(3,4)5/h14-17,20-23,42-44H,6-13,18-19,24-41H2,1-5H3,(H,50,51)/b16-14-,17-15-,22-20-,23-21-. The van der Waals surface area contributed by atoms with Crippen molar-refractivity contribution in [2.24, 2.45) is 11.8 Å². The van der Waals surface area contributed by atoms with Crippen molar-refractivity contribution in [3.05, 3.63) is 48.6 Å². The monoisotopic (exact) mass is 770 g/mol. The quantitative estimate of drug-likeness (QED) is 0.0406. The van der Waals surface area contributed by atoms with Crippen LogP contribution in [0.25, 0.3) is 0 Å². The van der Waals surface area contributed by atoms with Gasteiger partial charge in [0.2, 0.25) is 0 Å². The molecule has 1 aliphatic rings. The number of nitrogens with zero attached hydrogens (tertiary/aromatic N) is 1. The molecule has 0 aliphatic carbocycles. The van der Waals surface area contributed by atoms with E-state index in [4.69, 9.17) is 9.47 Å². The summed E-state index contributed by atoms with van der Waals surface area (Å²) < 4.78 is 11.6. The molecule has 0 bridgehead atoms. The van der Waals surface area contributed by atoms with Gasteiger partial charge in [0.25, 0.3) is 0 Å². The molecule has 1 saturated heterocycles. The van der Waals surface area contributed by atoms with Crippen molar-refractivity contribution >= 4 is 18.0 Å². The van der Waals surface area contributed by atoms with Gasteiger partial charge in [-0.25, -0.2) is 4.79 Å². The number of hydrogen-bond donors (Lipinski definition) is 1. The Kier molecular flexibility index (Phi) is 30.4. The molecule has 7 heteroatoms. The van der Waals surface area contributed by atoms with Gasteiger partial charge in [-0.1, -0.05) is 140 Å². The number of esters is 1. The maximum absolute atomic E-state index is 13.5. The molecule has 1 heterocycles. The first kappa shape index (κ1) is 50.2. The number of hydrogen-bond acceptors (Lipinski definition) is 5. The Morgan fingerprint density at radius 1 is 0.582 bits per heavy atom. The van der Waals surface area contributed by atoms with E-state index < -0.39 is 35.5 Å². The number of likely N-dealkylation sites (tertiary alicyclic amines) is 1. The van der Waals surface area contributed by atoms with E-state index in [0.717, 1.165) is 64.2 Å². The van der Waals surface area contributed by atoms with Crippen LogP contribution >= 0.6 is 0 Å². The molecule has 0 saturated carbocycles. The van der Waals surface area contributed by atoms with Gasteiger partial charge in [0, 0.05) is 13.1 Å². The predicted octanol–water partition coefficient (Wildman–Crippen LogP) is 13.9. The normalized spacial score (nSPS) is 16.5. The second-order valence-corrected chi connectivity index (χ2v) is 16.7. The summed E-state index contributed by atoms with van der Waals surface area (Å²) in [7, 11) is 0. The molecule has 0 aromatic heterocycles. The number of aliphatic carboxylic acids is 1. The smallest absolute Gasteiger partial charge is 0.410 e. The molecular formula is C48H83NO6. The van der Waals surface area contributed by atoms with Crippen LogP contribution in [0.4, 0.5) is 4.79 Å². The second kappa shape index (κ2) is 33.3. The summed E-state index contributed by atoms with van der Waals surface area (Å²) in [6.07, 6.45) is 47.5. The molecule has 0 spiro atoms. The second-order valence-electron chi connectivity index (χ2n) is 16.7. The van der Waals surface area contributed by atoms with Crippen molar-refractivity contribution in [3.8, 4) is 0 Å². The Morgan fingerprint density at radius 3 is 1.36 bits per heavy atom. The zero-order valence-electron chi connectivity index (χ0n) is 36.1. The van der Waals surface area contributed by atoms with Crippen molar-refractivity contribution < 1.29 is 29.0 Å². The van der Waals surface area contributed by atoms with Crippen LogP contribution in [-0.4, -0.2) is 52.8 Å². The number of carboxylic acid groups (broad SMARTS) is 1. The van der Waals surface area contributed by atoms with E-state index in [1.165, 1.54) is 108 Å². The van der Waals surface area contributed by atoms with Crippen LogP contribution in [0.15, 0.2) is 48.6 Å². The Morgan fingerprint density at radius 2 is 0.964 bits per heavy atom. The minimum atomic E-state index is -1.08. The third kappa shape index (κ3) is 28.3. The lowest BCUT2D eigenvalue weighted by atomic mass is 9.96. The highest BCUT2D eigenvalue weighted by Crippen LogP contribution is 2.28. The van der Waals surface area contributed by atoms with E-state index in [1.54, 1.807) is 20.8 Å². The van der Waals surface area contributed by atoms with E-state index in [-0.39, 0.29) is 19.2 Å². The number of carbonyl (C=O) groups excluding carboxylic acids is 2. The van der Waals surface area contributed by atoms with Gasteiger partial charge in [-0.3, -0.25) is 9.59 Å². The summed E-state index contributed by atoms with van der Waals surface area (Å²) in [6.45, 7) is 9.76. The largest absolute Gasteiger partial charge is 0.481 e. The van der Waals surface area contributed by atoms with Crippen molar-refractivity contribution in [1.82, 2.24) is 4.90 Å². The van der Waals surface area contributed by atoms with E-state index >= 15 is 0 Å². The van der Waals surface area contributed by atoms with Gasteiger partial charge in [-0.15, -0.1) is 0 Å². The van der Waals surface area contributed by atoms with Crippen LogP contribution in [0, 0.1) is 11.8 Å². The maximum atomic E-state index is 13.5. The number of carboxylic acids is 1. The lowest BCUT2D eigenvalue weighted by Crippen LogP contribution is -2.36. The molecule has 7 nitrogen and oxygen atoms in total. The molecule has 0 aromatic rings. The molecule has 1 fully saturated rings. The van der Waals surface area contributed by atoms with Gasteiger partial charge in [0.1, 0.15) is 11.7 Å². The molecular weight excluding hydrogens is 687 g/mol. The fourth-order valence-corrected chi connectivity index (χ4v) is 7.00. The summed E-state index contributed by atoms with van der Waals surface area (Å²) in [5.74, 6) is -3.47. The van der Waals surface area contributed by atoms with Crippen LogP contribution in [-0.2, 0) is 19.1 Å². The van der Waals surface area contributed by atoms with E-state index in [2.05, 4.69) is 62.5 Å². The molecule has 2 atom stereocenters. The van der Waals surface area contributed by atoms with Gasteiger partial charge < -0.3 is 19.5 Å². The van der Waals surface area contributed by atoms with E-state index in [9.17, 15) is 19.5 Å². The minimum absolute atomic E-state index is 0.00725. The average molecular weight is 770 g/mol. The van der Waals surface area contributed by atoms with Gasteiger partial charge in [0.15, 0.2) is 0 Å². The summed E-state index contributed by atoms with van der Waals surface area (Å²) in [4.78, 5) is 39.7. The molecule has 316 valence electrons. The first-order valence-corrected chi connectivity index (χ1v) is 22.6.